The van der Waals surface area contributed by atoms with E-state index in [1.165, 1.54) is 12.8 Å². The summed E-state index contributed by atoms with van der Waals surface area (Å²) in [6.45, 7) is 9.52. The molecule has 0 aromatic carbocycles. The molecule has 3 heteroatoms. The van der Waals surface area contributed by atoms with Crippen LogP contribution in [0.1, 0.15) is 12.8 Å². The number of ether oxygens (including phenoxy) is 1. The van der Waals surface area contributed by atoms with Crippen molar-refractivity contribution in [2.75, 3.05) is 46.4 Å². The van der Waals surface area contributed by atoms with Crippen LogP contribution in [0, 0.1) is 5.92 Å². The van der Waals surface area contributed by atoms with Crippen LogP contribution in [-0.2, 0) is 4.74 Å². The number of likely N-dealkylation sites (N-methyl/N-ethyl adjacent to an activating group) is 1. The third-order valence-electron chi connectivity index (χ3n) is 2.63. The van der Waals surface area contributed by atoms with E-state index in [1.807, 2.05) is 6.08 Å². The molecule has 0 heterocycles. The molecule has 15 heavy (non-hydrogen) atoms. The van der Waals surface area contributed by atoms with Gasteiger partial charge in [0.05, 0.1) is 6.61 Å². The largest absolute Gasteiger partial charge is 0.380 e. The summed E-state index contributed by atoms with van der Waals surface area (Å²) in [5.41, 5.74) is 0. The van der Waals surface area contributed by atoms with Crippen molar-refractivity contribution in [3.05, 3.63) is 12.7 Å². The number of rotatable bonds is 10. The van der Waals surface area contributed by atoms with Gasteiger partial charge in [-0.1, -0.05) is 6.08 Å². The molecule has 0 unspecified atom stereocenters. The van der Waals surface area contributed by atoms with Crippen molar-refractivity contribution in [3.63, 3.8) is 0 Å². The molecule has 1 rings (SSSR count). The van der Waals surface area contributed by atoms with Crippen molar-refractivity contribution in [2.24, 2.45) is 5.92 Å². The first-order chi connectivity index (χ1) is 7.33. The molecular weight excluding hydrogens is 188 g/mol. The van der Waals surface area contributed by atoms with Crippen LogP contribution in [0.2, 0.25) is 0 Å². The molecular formula is C12H24N2O. The van der Waals surface area contributed by atoms with Crippen LogP contribution in [0.25, 0.3) is 0 Å². The number of hydrogen-bond acceptors (Lipinski definition) is 3. The molecule has 1 saturated carbocycles. The lowest BCUT2D eigenvalue weighted by Gasteiger charge is -2.16. The molecule has 0 atom stereocenters. The maximum Gasteiger partial charge on any atom is 0.0593 e. The molecule has 0 aromatic rings. The first-order valence-electron chi connectivity index (χ1n) is 5.91. The predicted octanol–water partition coefficient (Wildman–Crippen LogP) is 1.12. The van der Waals surface area contributed by atoms with Crippen LogP contribution in [0.3, 0.4) is 0 Å². The van der Waals surface area contributed by atoms with Gasteiger partial charge in [-0.3, -0.25) is 0 Å². The van der Waals surface area contributed by atoms with Gasteiger partial charge >= 0.3 is 0 Å². The predicted molar refractivity (Wildman–Crippen MR) is 64.1 cm³/mol. The summed E-state index contributed by atoms with van der Waals surface area (Å²) >= 11 is 0. The van der Waals surface area contributed by atoms with Gasteiger partial charge in [-0.05, 0) is 25.8 Å². The molecule has 0 radical (unpaired) electrons. The third-order valence-corrected chi connectivity index (χ3v) is 2.63. The Morgan fingerprint density at radius 3 is 2.93 bits per heavy atom. The minimum Gasteiger partial charge on any atom is -0.380 e. The van der Waals surface area contributed by atoms with Gasteiger partial charge in [0.2, 0.25) is 0 Å². The second-order valence-electron chi connectivity index (χ2n) is 4.31. The summed E-state index contributed by atoms with van der Waals surface area (Å²) in [6, 6.07) is 0. The lowest BCUT2D eigenvalue weighted by molar-refractivity contribution is 0.104. The molecule has 0 saturated heterocycles. The SMILES string of the molecule is C=CCNCCN(C)CCOCC1CC1. The van der Waals surface area contributed by atoms with Crippen LogP contribution in [0.5, 0.6) is 0 Å². The van der Waals surface area contributed by atoms with Gasteiger partial charge in [0.1, 0.15) is 0 Å². The van der Waals surface area contributed by atoms with Crippen molar-refractivity contribution in [2.45, 2.75) is 12.8 Å². The summed E-state index contributed by atoms with van der Waals surface area (Å²) in [4.78, 5) is 2.29. The number of nitrogens with one attached hydrogen (secondary N) is 1. The molecule has 0 aromatic heterocycles. The average molecular weight is 212 g/mol. The first-order valence-corrected chi connectivity index (χ1v) is 5.91. The fourth-order valence-electron chi connectivity index (χ4n) is 1.34. The van der Waals surface area contributed by atoms with Crippen LogP contribution >= 0.6 is 0 Å². The van der Waals surface area contributed by atoms with Gasteiger partial charge in [0, 0.05) is 32.8 Å². The monoisotopic (exact) mass is 212 g/mol. The maximum absolute atomic E-state index is 5.58. The highest BCUT2D eigenvalue weighted by atomic mass is 16.5. The van der Waals surface area contributed by atoms with E-state index in [0.29, 0.717) is 0 Å². The Morgan fingerprint density at radius 1 is 1.47 bits per heavy atom. The zero-order valence-electron chi connectivity index (χ0n) is 9.87. The summed E-state index contributed by atoms with van der Waals surface area (Å²) in [7, 11) is 2.13. The van der Waals surface area contributed by atoms with Gasteiger partial charge in [0.25, 0.3) is 0 Å². The van der Waals surface area contributed by atoms with E-state index >= 15 is 0 Å². The van der Waals surface area contributed by atoms with Crippen molar-refractivity contribution >= 4 is 0 Å². The molecule has 0 bridgehead atoms. The Kier molecular flexibility index (Phi) is 6.64. The molecule has 1 aliphatic carbocycles. The lowest BCUT2D eigenvalue weighted by Crippen LogP contribution is -2.31. The van der Waals surface area contributed by atoms with Crippen molar-refractivity contribution in [1.82, 2.24) is 10.2 Å². The summed E-state index contributed by atoms with van der Waals surface area (Å²) < 4.78 is 5.58. The standard InChI is InChI=1S/C12H24N2O/c1-3-6-13-7-8-14(2)9-10-15-11-12-4-5-12/h3,12-13H,1,4-11H2,2H3. The Morgan fingerprint density at radius 2 is 2.27 bits per heavy atom. The van der Waals surface area contributed by atoms with Crippen molar-refractivity contribution in [3.8, 4) is 0 Å². The zero-order valence-corrected chi connectivity index (χ0v) is 9.87. The number of hydrogen-bond donors (Lipinski definition) is 1. The highest BCUT2D eigenvalue weighted by Crippen LogP contribution is 2.28. The van der Waals surface area contributed by atoms with Gasteiger partial charge < -0.3 is 15.0 Å². The molecule has 0 amide bonds. The average Bonchev–Trinajstić information content (AvgIpc) is 3.03. The molecule has 3 nitrogen and oxygen atoms in total. The smallest absolute Gasteiger partial charge is 0.0593 e. The fourth-order valence-corrected chi connectivity index (χ4v) is 1.34. The summed E-state index contributed by atoms with van der Waals surface area (Å²) in [5.74, 6) is 0.879. The Bertz CT molecular complexity index is 169. The quantitative estimate of drug-likeness (QED) is 0.434. The lowest BCUT2D eigenvalue weighted by atomic mass is 10.4. The first kappa shape index (κ1) is 12.7. The van der Waals surface area contributed by atoms with Gasteiger partial charge in [-0.15, -0.1) is 6.58 Å². The molecule has 0 aliphatic heterocycles. The van der Waals surface area contributed by atoms with E-state index < -0.39 is 0 Å². The van der Waals surface area contributed by atoms with Crippen LogP contribution in [0.4, 0.5) is 0 Å². The number of nitrogens with zero attached hydrogens (tertiary/aromatic N) is 1. The van der Waals surface area contributed by atoms with Crippen LogP contribution < -0.4 is 5.32 Å². The van der Waals surface area contributed by atoms with E-state index in [1.54, 1.807) is 0 Å². The minimum absolute atomic E-state index is 0.870. The second kappa shape index (κ2) is 7.85. The van der Waals surface area contributed by atoms with Crippen molar-refractivity contribution in [1.29, 1.82) is 0 Å². The van der Waals surface area contributed by atoms with E-state index in [-0.39, 0.29) is 0 Å². The topological polar surface area (TPSA) is 24.5 Å². The van der Waals surface area contributed by atoms with E-state index in [0.717, 1.165) is 45.3 Å². The Hall–Kier alpha value is -0.380. The normalized spacial score (nSPS) is 15.9. The minimum atomic E-state index is 0.870. The zero-order chi connectivity index (χ0) is 10.9. The Labute approximate surface area is 93.5 Å². The fraction of sp³-hybridized carbons (Fsp3) is 0.833. The van der Waals surface area contributed by atoms with E-state index in [9.17, 15) is 0 Å². The second-order valence-corrected chi connectivity index (χ2v) is 4.31. The third kappa shape index (κ3) is 7.54. The van der Waals surface area contributed by atoms with Gasteiger partial charge in [0.15, 0.2) is 0 Å². The molecule has 1 fully saturated rings. The Balaban J connectivity index is 1.79. The maximum atomic E-state index is 5.58. The van der Waals surface area contributed by atoms with Crippen LogP contribution in [-0.4, -0.2) is 51.3 Å². The summed E-state index contributed by atoms with van der Waals surface area (Å²) in [6.07, 6.45) is 4.64. The van der Waals surface area contributed by atoms with Gasteiger partial charge in [-0.2, -0.15) is 0 Å². The molecule has 0 spiro atoms. The molecule has 88 valence electrons. The van der Waals surface area contributed by atoms with E-state index in [4.69, 9.17) is 4.74 Å². The van der Waals surface area contributed by atoms with Gasteiger partial charge in [-0.25, -0.2) is 0 Å². The van der Waals surface area contributed by atoms with E-state index in [2.05, 4.69) is 23.8 Å². The molecule has 1 aliphatic rings. The van der Waals surface area contributed by atoms with Crippen molar-refractivity contribution < 1.29 is 4.74 Å². The molecule has 1 N–H and O–H groups in total. The highest BCUT2D eigenvalue weighted by molar-refractivity contribution is 4.72. The summed E-state index contributed by atoms with van der Waals surface area (Å²) in [5, 5.41) is 3.28. The highest BCUT2D eigenvalue weighted by Gasteiger charge is 2.20. The van der Waals surface area contributed by atoms with Crippen LogP contribution in [0.15, 0.2) is 12.7 Å².